The first-order valence-electron chi connectivity index (χ1n) is 9.38. The summed E-state index contributed by atoms with van der Waals surface area (Å²) < 4.78 is 10.7. The first-order valence-corrected chi connectivity index (χ1v) is 9.38. The zero-order chi connectivity index (χ0) is 20.1. The fraction of sp³-hybridized carbons (Fsp3) is 0.174. The number of benzene rings is 2. The van der Waals surface area contributed by atoms with Crippen LogP contribution in [0.25, 0.3) is 22.0 Å². The number of nitrogens with zero attached hydrogens (tertiary/aromatic N) is 3. The molecule has 0 unspecified atom stereocenters. The quantitative estimate of drug-likeness (QED) is 0.509. The second-order valence-corrected chi connectivity index (χ2v) is 6.58. The normalized spacial score (nSPS) is 10.7. The van der Waals surface area contributed by atoms with Crippen LogP contribution in [-0.2, 0) is 6.42 Å². The molecule has 0 radical (unpaired) electrons. The monoisotopic (exact) mass is 386 g/mol. The van der Waals surface area contributed by atoms with Gasteiger partial charge in [-0.2, -0.15) is 0 Å². The number of ether oxygens (including phenoxy) is 2. The standard InChI is InChI=1S/C23H22N4O2/c1-28-20-6-5-16(22(12-20)29-2)8-10-25-23-13-21(26-15-27-23)18-3-4-19-14-24-9-7-17(19)11-18/h3-7,9,11-15H,8,10H2,1-2H3,(H,25,26,27). The number of rotatable bonds is 7. The fourth-order valence-corrected chi connectivity index (χ4v) is 3.24. The molecule has 0 aliphatic rings. The van der Waals surface area contributed by atoms with E-state index in [1.54, 1.807) is 26.7 Å². The van der Waals surface area contributed by atoms with Crippen molar-refractivity contribution in [1.82, 2.24) is 15.0 Å². The predicted molar refractivity (Wildman–Crippen MR) is 115 cm³/mol. The minimum Gasteiger partial charge on any atom is -0.497 e. The van der Waals surface area contributed by atoms with Gasteiger partial charge in [0.2, 0.25) is 0 Å². The number of fused-ring (bicyclic) bond motifs is 1. The van der Waals surface area contributed by atoms with Crippen molar-refractivity contribution in [3.8, 4) is 22.8 Å². The maximum atomic E-state index is 5.46. The summed E-state index contributed by atoms with van der Waals surface area (Å²) in [4.78, 5) is 12.9. The third-order valence-electron chi connectivity index (χ3n) is 4.80. The van der Waals surface area contributed by atoms with E-state index >= 15 is 0 Å². The Hall–Kier alpha value is -3.67. The van der Waals surface area contributed by atoms with Gasteiger partial charge in [-0.3, -0.25) is 4.98 Å². The van der Waals surface area contributed by atoms with Gasteiger partial charge in [0.25, 0.3) is 0 Å². The maximum absolute atomic E-state index is 5.46. The molecule has 29 heavy (non-hydrogen) atoms. The van der Waals surface area contributed by atoms with Gasteiger partial charge in [0.05, 0.1) is 19.9 Å². The highest BCUT2D eigenvalue weighted by Gasteiger charge is 2.07. The van der Waals surface area contributed by atoms with Gasteiger partial charge in [-0.25, -0.2) is 9.97 Å². The molecule has 2 aromatic heterocycles. The minimum atomic E-state index is 0.725. The summed E-state index contributed by atoms with van der Waals surface area (Å²) in [5.41, 5.74) is 3.03. The average molecular weight is 386 g/mol. The average Bonchev–Trinajstić information content (AvgIpc) is 2.79. The van der Waals surface area contributed by atoms with Crippen molar-refractivity contribution < 1.29 is 9.47 Å². The van der Waals surface area contributed by atoms with E-state index in [9.17, 15) is 0 Å². The second-order valence-electron chi connectivity index (χ2n) is 6.58. The predicted octanol–water partition coefficient (Wildman–Crippen LogP) is 4.36. The van der Waals surface area contributed by atoms with Crippen LogP contribution in [0.15, 0.2) is 67.3 Å². The van der Waals surface area contributed by atoms with Crippen LogP contribution in [-0.4, -0.2) is 35.7 Å². The summed E-state index contributed by atoms with van der Waals surface area (Å²) in [6.07, 6.45) is 6.05. The lowest BCUT2D eigenvalue weighted by atomic mass is 10.1. The number of nitrogens with one attached hydrogen (secondary N) is 1. The van der Waals surface area contributed by atoms with Crippen molar-refractivity contribution in [3.63, 3.8) is 0 Å². The topological polar surface area (TPSA) is 69.2 Å². The number of methoxy groups -OCH3 is 2. The lowest BCUT2D eigenvalue weighted by Crippen LogP contribution is -2.07. The van der Waals surface area contributed by atoms with Gasteiger partial charge in [-0.1, -0.05) is 18.2 Å². The Balaban J connectivity index is 1.46. The summed E-state index contributed by atoms with van der Waals surface area (Å²) in [6.45, 7) is 0.725. The van der Waals surface area contributed by atoms with Crippen LogP contribution in [0.3, 0.4) is 0 Å². The number of anilines is 1. The molecule has 4 rings (SSSR count). The summed E-state index contributed by atoms with van der Waals surface area (Å²) in [7, 11) is 3.32. The Morgan fingerprint density at radius 1 is 0.897 bits per heavy atom. The molecule has 6 heteroatoms. The number of pyridine rings is 1. The molecule has 146 valence electrons. The lowest BCUT2D eigenvalue weighted by Gasteiger charge is -2.11. The maximum Gasteiger partial charge on any atom is 0.129 e. The van der Waals surface area contributed by atoms with Crippen molar-refractivity contribution in [2.75, 3.05) is 26.1 Å². The van der Waals surface area contributed by atoms with E-state index in [1.165, 1.54) is 0 Å². The molecule has 0 aliphatic carbocycles. The van der Waals surface area contributed by atoms with Crippen LogP contribution in [0, 0.1) is 0 Å². The first kappa shape index (κ1) is 18.7. The third kappa shape index (κ3) is 4.27. The van der Waals surface area contributed by atoms with Gasteiger partial charge >= 0.3 is 0 Å². The van der Waals surface area contributed by atoms with Crippen LogP contribution < -0.4 is 14.8 Å². The Morgan fingerprint density at radius 2 is 1.83 bits per heavy atom. The van der Waals surface area contributed by atoms with Crippen molar-refractivity contribution in [2.45, 2.75) is 6.42 Å². The van der Waals surface area contributed by atoms with Gasteiger partial charge < -0.3 is 14.8 Å². The van der Waals surface area contributed by atoms with E-state index in [1.807, 2.05) is 36.5 Å². The van der Waals surface area contributed by atoms with E-state index in [0.717, 1.165) is 57.9 Å². The smallest absolute Gasteiger partial charge is 0.129 e. The molecule has 4 aromatic rings. The van der Waals surface area contributed by atoms with Crippen LogP contribution in [0.4, 0.5) is 5.82 Å². The molecule has 0 bridgehead atoms. The molecular weight excluding hydrogens is 364 g/mol. The van der Waals surface area contributed by atoms with Gasteiger partial charge in [0, 0.05) is 42.0 Å². The van der Waals surface area contributed by atoms with Crippen molar-refractivity contribution in [3.05, 3.63) is 72.8 Å². The largest absolute Gasteiger partial charge is 0.497 e. The molecule has 0 atom stereocenters. The Kier molecular flexibility index (Phi) is 5.52. The van der Waals surface area contributed by atoms with Gasteiger partial charge in [0.1, 0.15) is 23.6 Å². The van der Waals surface area contributed by atoms with E-state index in [4.69, 9.17) is 9.47 Å². The second kappa shape index (κ2) is 8.56. The van der Waals surface area contributed by atoms with Crippen LogP contribution >= 0.6 is 0 Å². The Labute approximate surface area is 169 Å². The van der Waals surface area contributed by atoms with Crippen LogP contribution in [0.5, 0.6) is 11.5 Å². The molecule has 0 fully saturated rings. The van der Waals surface area contributed by atoms with Gasteiger partial charge in [-0.05, 0) is 35.6 Å². The highest BCUT2D eigenvalue weighted by Crippen LogP contribution is 2.26. The number of hydrogen-bond acceptors (Lipinski definition) is 6. The highest BCUT2D eigenvalue weighted by molar-refractivity contribution is 5.86. The van der Waals surface area contributed by atoms with Crippen LogP contribution in [0.2, 0.25) is 0 Å². The Bertz CT molecular complexity index is 1130. The number of hydrogen-bond donors (Lipinski definition) is 1. The molecule has 6 nitrogen and oxygen atoms in total. The summed E-state index contributed by atoms with van der Waals surface area (Å²) in [5.74, 6) is 2.39. The SMILES string of the molecule is COc1ccc(CCNc2cc(-c3ccc4cnccc4c3)ncn2)c(OC)c1. The van der Waals surface area contributed by atoms with Crippen LogP contribution in [0.1, 0.15) is 5.56 Å². The summed E-state index contributed by atoms with van der Waals surface area (Å²) >= 11 is 0. The molecule has 2 aromatic carbocycles. The molecule has 0 saturated heterocycles. The van der Waals surface area contributed by atoms with E-state index in [-0.39, 0.29) is 0 Å². The molecular formula is C23H22N4O2. The summed E-state index contributed by atoms with van der Waals surface area (Å²) in [5, 5.41) is 5.62. The fourth-order valence-electron chi connectivity index (χ4n) is 3.24. The van der Waals surface area contributed by atoms with Crippen molar-refractivity contribution in [1.29, 1.82) is 0 Å². The van der Waals surface area contributed by atoms with Gasteiger partial charge in [-0.15, -0.1) is 0 Å². The molecule has 2 heterocycles. The van der Waals surface area contributed by atoms with E-state index in [0.29, 0.717) is 0 Å². The zero-order valence-electron chi connectivity index (χ0n) is 16.4. The number of aromatic nitrogens is 3. The third-order valence-corrected chi connectivity index (χ3v) is 4.80. The van der Waals surface area contributed by atoms with Crippen molar-refractivity contribution in [2.24, 2.45) is 0 Å². The molecule has 0 saturated carbocycles. The van der Waals surface area contributed by atoms with Gasteiger partial charge in [0.15, 0.2) is 0 Å². The first-order chi connectivity index (χ1) is 14.3. The summed E-state index contributed by atoms with van der Waals surface area (Å²) in [6, 6.07) is 16.1. The lowest BCUT2D eigenvalue weighted by molar-refractivity contribution is 0.391. The van der Waals surface area contributed by atoms with Crippen molar-refractivity contribution >= 4 is 16.6 Å². The van der Waals surface area contributed by atoms with E-state index < -0.39 is 0 Å². The Morgan fingerprint density at radius 3 is 2.69 bits per heavy atom. The zero-order valence-corrected chi connectivity index (χ0v) is 16.4. The molecule has 0 spiro atoms. The van der Waals surface area contributed by atoms with E-state index in [2.05, 4.69) is 38.5 Å². The molecule has 0 amide bonds. The molecule has 1 N–H and O–H groups in total. The highest BCUT2D eigenvalue weighted by atomic mass is 16.5. The molecule has 0 aliphatic heterocycles. The minimum absolute atomic E-state index is 0.725.